The molecule has 0 spiro atoms. The van der Waals surface area contributed by atoms with Gasteiger partial charge in [-0.05, 0) is 30.0 Å². The van der Waals surface area contributed by atoms with E-state index < -0.39 is 0 Å². The van der Waals surface area contributed by atoms with Crippen molar-refractivity contribution >= 4 is 23.2 Å². The maximum absolute atomic E-state index is 12.5. The molecule has 23 heavy (non-hydrogen) atoms. The molecule has 0 aliphatic heterocycles. The van der Waals surface area contributed by atoms with Crippen molar-refractivity contribution in [2.24, 2.45) is 0 Å². The molecule has 0 N–H and O–H groups in total. The first-order valence-electron chi connectivity index (χ1n) is 7.68. The zero-order valence-corrected chi connectivity index (χ0v) is 13.4. The van der Waals surface area contributed by atoms with Crippen LogP contribution in [0, 0.1) is 0 Å². The number of benzene rings is 1. The molecule has 1 atom stereocenters. The van der Waals surface area contributed by atoms with Crippen molar-refractivity contribution in [2.45, 2.75) is 32.1 Å². The summed E-state index contributed by atoms with van der Waals surface area (Å²) < 4.78 is 1.61. The molecule has 0 saturated carbocycles. The lowest BCUT2D eigenvalue weighted by molar-refractivity contribution is 0.0962. The molecule has 4 rings (SSSR count). The number of aromatic nitrogens is 4. The fourth-order valence-electron chi connectivity index (χ4n) is 3.07. The van der Waals surface area contributed by atoms with Gasteiger partial charge in [0.2, 0.25) is 0 Å². The quantitative estimate of drug-likeness (QED) is 0.725. The average Bonchev–Trinajstić information content (AvgIpc) is 2.95. The zero-order valence-electron chi connectivity index (χ0n) is 12.7. The van der Waals surface area contributed by atoms with Crippen molar-refractivity contribution in [2.75, 3.05) is 0 Å². The molecule has 5 nitrogen and oxygen atoms in total. The van der Waals surface area contributed by atoms with E-state index >= 15 is 0 Å². The summed E-state index contributed by atoms with van der Waals surface area (Å²) in [5.74, 6) is 1.50. The van der Waals surface area contributed by atoms with Gasteiger partial charge in [-0.1, -0.05) is 30.7 Å². The summed E-state index contributed by atoms with van der Waals surface area (Å²) in [6, 6.07) is 7.70. The largest absolute Gasteiger partial charge is 0.294 e. The van der Waals surface area contributed by atoms with Gasteiger partial charge in [0.1, 0.15) is 0 Å². The maximum Gasteiger partial charge on any atom is 0.252 e. The lowest BCUT2D eigenvalue weighted by atomic mass is 9.82. The number of aryl methyl sites for hydroxylation is 1. The van der Waals surface area contributed by atoms with E-state index in [0.29, 0.717) is 29.2 Å². The number of halogens is 1. The highest BCUT2D eigenvalue weighted by Crippen LogP contribution is 2.32. The third-order valence-electron chi connectivity index (χ3n) is 4.26. The molecule has 0 fully saturated rings. The number of fused-ring (bicyclic) bond motifs is 2. The Labute approximate surface area is 138 Å². The van der Waals surface area contributed by atoms with Crippen molar-refractivity contribution in [3.05, 3.63) is 58.1 Å². The first-order valence-corrected chi connectivity index (χ1v) is 8.05. The van der Waals surface area contributed by atoms with E-state index in [1.54, 1.807) is 10.7 Å². The van der Waals surface area contributed by atoms with Crippen LogP contribution in [0.5, 0.6) is 0 Å². The summed E-state index contributed by atoms with van der Waals surface area (Å²) in [7, 11) is 0. The van der Waals surface area contributed by atoms with E-state index in [1.807, 2.05) is 31.2 Å². The van der Waals surface area contributed by atoms with Crippen LogP contribution >= 0.6 is 11.6 Å². The Kier molecular flexibility index (Phi) is 3.38. The Morgan fingerprint density at radius 3 is 2.96 bits per heavy atom. The van der Waals surface area contributed by atoms with Gasteiger partial charge < -0.3 is 0 Å². The van der Waals surface area contributed by atoms with Crippen molar-refractivity contribution in [3.63, 3.8) is 0 Å². The third-order valence-corrected chi connectivity index (χ3v) is 4.50. The van der Waals surface area contributed by atoms with Crippen molar-refractivity contribution in [1.82, 2.24) is 19.6 Å². The smallest absolute Gasteiger partial charge is 0.252 e. The van der Waals surface area contributed by atoms with Crippen LogP contribution in [0.1, 0.15) is 46.7 Å². The highest BCUT2D eigenvalue weighted by Gasteiger charge is 2.28. The molecule has 1 aromatic carbocycles. The number of carbonyl (C=O) groups excluding carboxylic acids is 1. The molecule has 2 aromatic heterocycles. The van der Waals surface area contributed by atoms with E-state index in [4.69, 9.17) is 11.6 Å². The van der Waals surface area contributed by atoms with Crippen LogP contribution < -0.4 is 0 Å². The summed E-state index contributed by atoms with van der Waals surface area (Å²) in [6.07, 6.45) is 3.69. The van der Waals surface area contributed by atoms with Crippen LogP contribution in [0.2, 0.25) is 5.02 Å². The summed E-state index contributed by atoms with van der Waals surface area (Å²) in [5.41, 5.74) is 2.53. The Morgan fingerprint density at radius 1 is 1.30 bits per heavy atom. The van der Waals surface area contributed by atoms with E-state index in [0.717, 1.165) is 23.5 Å². The second-order valence-corrected chi connectivity index (χ2v) is 6.25. The molecular weight excluding hydrogens is 312 g/mol. The Bertz CT molecular complexity index is 918. The molecule has 0 unspecified atom stereocenters. The fourth-order valence-corrected chi connectivity index (χ4v) is 3.27. The van der Waals surface area contributed by atoms with Gasteiger partial charge in [0.15, 0.2) is 11.6 Å². The number of nitrogens with zero attached hydrogens (tertiary/aromatic N) is 4. The van der Waals surface area contributed by atoms with Gasteiger partial charge in [0, 0.05) is 24.1 Å². The van der Waals surface area contributed by atoms with Crippen LogP contribution in [0.25, 0.3) is 5.78 Å². The molecule has 6 heteroatoms. The molecule has 3 aromatic rings. The summed E-state index contributed by atoms with van der Waals surface area (Å²) in [6.45, 7) is 2.00. The van der Waals surface area contributed by atoms with E-state index in [9.17, 15) is 4.79 Å². The van der Waals surface area contributed by atoms with E-state index in [-0.39, 0.29) is 11.7 Å². The molecule has 116 valence electrons. The van der Waals surface area contributed by atoms with Gasteiger partial charge in [0.05, 0.1) is 11.3 Å². The monoisotopic (exact) mass is 326 g/mol. The molecule has 0 radical (unpaired) electrons. The van der Waals surface area contributed by atoms with E-state index in [1.165, 1.54) is 0 Å². The van der Waals surface area contributed by atoms with Crippen LogP contribution in [0.3, 0.4) is 0 Å². The topological polar surface area (TPSA) is 60.1 Å². The third kappa shape index (κ3) is 2.51. The number of ketones is 1. The van der Waals surface area contributed by atoms with Gasteiger partial charge in [-0.25, -0.2) is 9.50 Å². The predicted octanol–water partition coefficient (Wildman–Crippen LogP) is 3.25. The second kappa shape index (κ2) is 5.42. The minimum absolute atomic E-state index is 0.0965. The summed E-state index contributed by atoms with van der Waals surface area (Å²) in [4.78, 5) is 21.5. The van der Waals surface area contributed by atoms with Crippen molar-refractivity contribution in [3.8, 4) is 0 Å². The lowest BCUT2D eigenvalue weighted by Gasteiger charge is -2.23. The lowest BCUT2D eigenvalue weighted by Crippen LogP contribution is -2.21. The average molecular weight is 327 g/mol. The summed E-state index contributed by atoms with van der Waals surface area (Å²) >= 11 is 6.08. The van der Waals surface area contributed by atoms with Gasteiger partial charge in [0.25, 0.3) is 5.78 Å². The Hall–Kier alpha value is -2.27. The van der Waals surface area contributed by atoms with Crippen molar-refractivity contribution < 1.29 is 4.79 Å². The van der Waals surface area contributed by atoms with Gasteiger partial charge in [-0.15, -0.1) is 5.10 Å². The standard InChI is InChI=1S/C17H15ClN4O/c1-2-16-20-17-19-14-7-11(10-4-3-5-12(18)6-10)8-15(23)13(14)9-22(17)21-16/h3-6,9,11H,2,7-8H2,1H3/t11-/m1/s1. The number of hydrogen-bond acceptors (Lipinski definition) is 4. The zero-order chi connectivity index (χ0) is 16.0. The summed E-state index contributed by atoms with van der Waals surface area (Å²) in [5, 5.41) is 5.03. The molecular formula is C17H15ClN4O. The second-order valence-electron chi connectivity index (χ2n) is 5.81. The molecule has 0 saturated heterocycles. The normalized spacial score (nSPS) is 17.5. The van der Waals surface area contributed by atoms with Crippen LogP contribution in [0.15, 0.2) is 30.5 Å². The number of Topliss-reactive ketones (excluding diaryl/α,β-unsaturated/α-hetero) is 1. The van der Waals surface area contributed by atoms with Crippen LogP contribution in [0.4, 0.5) is 0 Å². The maximum atomic E-state index is 12.5. The number of carbonyl (C=O) groups is 1. The molecule has 0 bridgehead atoms. The minimum atomic E-state index is 0.0965. The van der Waals surface area contributed by atoms with Crippen molar-refractivity contribution in [1.29, 1.82) is 0 Å². The van der Waals surface area contributed by atoms with Gasteiger partial charge >= 0.3 is 0 Å². The minimum Gasteiger partial charge on any atom is -0.294 e. The first-order chi connectivity index (χ1) is 11.1. The highest BCUT2D eigenvalue weighted by molar-refractivity contribution is 6.30. The van der Waals surface area contributed by atoms with E-state index in [2.05, 4.69) is 15.1 Å². The predicted molar refractivity (Wildman–Crippen MR) is 87.0 cm³/mol. The SMILES string of the molecule is CCc1nc2nc3c(cn2n1)C(=O)C[C@H](c1cccc(Cl)c1)C3. The highest BCUT2D eigenvalue weighted by atomic mass is 35.5. The Balaban J connectivity index is 1.77. The number of hydrogen-bond donors (Lipinski definition) is 0. The number of rotatable bonds is 2. The van der Waals surface area contributed by atoms with Crippen LogP contribution in [-0.2, 0) is 12.8 Å². The van der Waals surface area contributed by atoms with Crippen LogP contribution in [-0.4, -0.2) is 25.4 Å². The van der Waals surface area contributed by atoms with Gasteiger partial charge in [-0.2, -0.15) is 4.98 Å². The van der Waals surface area contributed by atoms with Gasteiger partial charge in [-0.3, -0.25) is 4.79 Å². The molecule has 2 heterocycles. The molecule has 1 aliphatic rings. The molecule has 1 aliphatic carbocycles. The molecule has 0 amide bonds. The Morgan fingerprint density at radius 2 is 2.17 bits per heavy atom. The first kappa shape index (κ1) is 14.3. The fraction of sp³-hybridized carbons (Fsp3) is 0.294.